The smallest absolute Gasteiger partial charge is 0.0234 e. The average molecular weight is 274 g/mol. The number of nitrogens with zero attached hydrogens (tertiary/aromatic N) is 1. The van der Waals surface area contributed by atoms with Crippen molar-refractivity contribution in [2.24, 2.45) is 5.92 Å². The van der Waals surface area contributed by atoms with Gasteiger partial charge in [0, 0.05) is 19.1 Å². The van der Waals surface area contributed by atoms with Crippen LogP contribution in [0.25, 0.3) is 0 Å². The largest absolute Gasteiger partial charge is 0.313 e. The Kier molecular flexibility index (Phi) is 5.62. The van der Waals surface area contributed by atoms with Gasteiger partial charge in [0.1, 0.15) is 0 Å². The van der Waals surface area contributed by atoms with Gasteiger partial charge in [0.2, 0.25) is 0 Å². The fraction of sp³-hybridized carbons (Fsp3) is 0.667. The summed E-state index contributed by atoms with van der Waals surface area (Å²) in [5.41, 5.74) is 4.23. The molecule has 0 spiro atoms. The van der Waals surface area contributed by atoms with Gasteiger partial charge in [-0.3, -0.25) is 4.90 Å². The molecule has 1 saturated heterocycles. The highest BCUT2D eigenvalue weighted by Crippen LogP contribution is 2.15. The molecule has 0 radical (unpaired) electrons. The van der Waals surface area contributed by atoms with E-state index in [4.69, 9.17) is 0 Å². The first-order valence-electron chi connectivity index (χ1n) is 8.06. The van der Waals surface area contributed by atoms with Gasteiger partial charge in [0.25, 0.3) is 0 Å². The molecule has 0 aromatic heterocycles. The van der Waals surface area contributed by atoms with Crippen LogP contribution in [0.4, 0.5) is 0 Å². The van der Waals surface area contributed by atoms with Crippen molar-refractivity contribution in [1.82, 2.24) is 10.2 Å². The van der Waals surface area contributed by atoms with Crippen molar-refractivity contribution >= 4 is 0 Å². The van der Waals surface area contributed by atoms with Gasteiger partial charge in [0.15, 0.2) is 0 Å². The van der Waals surface area contributed by atoms with E-state index in [9.17, 15) is 0 Å². The van der Waals surface area contributed by atoms with Gasteiger partial charge in [-0.1, -0.05) is 43.2 Å². The molecular formula is C18H30N2. The quantitative estimate of drug-likeness (QED) is 0.904. The topological polar surface area (TPSA) is 15.3 Å². The zero-order valence-electron chi connectivity index (χ0n) is 13.6. The molecule has 20 heavy (non-hydrogen) atoms. The Morgan fingerprint density at radius 1 is 1.20 bits per heavy atom. The molecule has 1 unspecified atom stereocenters. The van der Waals surface area contributed by atoms with Crippen molar-refractivity contribution in [1.29, 1.82) is 0 Å². The Morgan fingerprint density at radius 3 is 2.55 bits per heavy atom. The van der Waals surface area contributed by atoms with E-state index in [0.717, 1.165) is 12.5 Å². The van der Waals surface area contributed by atoms with Gasteiger partial charge in [-0.15, -0.1) is 0 Å². The summed E-state index contributed by atoms with van der Waals surface area (Å²) < 4.78 is 0. The maximum absolute atomic E-state index is 3.71. The fourth-order valence-corrected chi connectivity index (χ4v) is 3.37. The molecule has 1 atom stereocenters. The van der Waals surface area contributed by atoms with E-state index in [-0.39, 0.29) is 0 Å². The molecule has 1 heterocycles. The van der Waals surface area contributed by atoms with E-state index in [1.807, 2.05) is 0 Å². The molecule has 0 aliphatic carbocycles. The third-order valence-electron chi connectivity index (χ3n) is 4.01. The van der Waals surface area contributed by atoms with Gasteiger partial charge < -0.3 is 5.32 Å². The van der Waals surface area contributed by atoms with Crippen LogP contribution in [-0.4, -0.2) is 30.6 Å². The number of rotatable bonds is 4. The Bertz CT molecular complexity index is 405. The zero-order valence-corrected chi connectivity index (χ0v) is 13.6. The number of benzene rings is 1. The van der Waals surface area contributed by atoms with Gasteiger partial charge in [-0.05, 0) is 51.3 Å². The van der Waals surface area contributed by atoms with Crippen LogP contribution in [0, 0.1) is 19.8 Å². The lowest BCUT2D eigenvalue weighted by molar-refractivity contribution is 0.247. The Hall–Kier alpha value is -0.860. The van der Waals surface area contributed by atoms with Crippen LogP contribution in [0.1, 0.15) is 43.4 Å². The standard InChI is InChI=1S/C18H30N2/c1-14(2)8-18-13-20(7-5-6-19-18)12-17-10-15(3)9-16(4)11-17/h9-11,14,18-19H,5-8,12-13H2,1-4H3. The lowest BCUT2D eigenvalue weighted by Gasteiger charge is -2.25. The zero-order chi connectivity index (χ0) is 14.5. The third kappa shape index (κ3) is 4.92. The van der Waals surface area contributed by atoms with Crippen molar-refractivity contribution < 1.29 is 0 Å². The second-order valence-electron chi connectivity index (χ2n) is 6.87. The molecule has 0 bridgehead atoms. The molecule has 2 nitrogen and oxygen atoms in total. The summed E-state index contributed by atoms with van der Waals surface area (Å²) in [6.07, 6.45) is 2.54. The van der Waals surface area contributed by atoms with Gasteiger partial charge >= 0.3 is 0 Å². The lowest BCUT2D eigenvalue weighted by atomic mass is 10.0. The van der Waals surface area contributed by atoms with Crippen LogP contribution in [-0.2, 0) is 6.54 Å². The van der Waals surface area contributed by atoms with Gasteiger partial charge in [-0.2, -0.15) is 0 Å². The summed E-state index contributed by atoms with van der Waals surface area (Å²) in [7, 11) is 0. The molecule has 1 aliphatic rings. The predicted octanol–water partition coefficient (Wildman–Crippen LogP) is 3.51. The van der Waals surface area contributed by atoms with Crippen molar-refractivity contribution in [3.8, 4) is 0 Å². The van der Waals surface area contributed by atoms with Crippen molar-refractivity contribution in [3.63, 3.8) is 0 Å². The highest BCUT2D eigenvalue weighted by atomic mass is 15.2. The molecule has 0 amide bonds. The minimum Gasteiger partial charge on any atom is -0.313 e. The predicted molar refractivity (Wildman–Crippen MR) is 87.1 cm³/mol. The number of aryl methyl sites for hydroxylation is 2. The fourth-order valence-electron chi connectivity index (χ4n) is 3.37. The SMILES string of the molecule is Cc1cc(C)cc(CN2CCCNC(CC(C)C)C2)c1. The minimum atomic E-state index is 0.656. The molecule has 2 rings (SSSR count). The lowest BCUT2D eigenvalue weighted by Crippen LogP contribution is -2.38. The average Bonchev–Trinajstić information content (AvgIpc) is 2.52. The number of hydrogen-bond donors (Lipinski definition) is 1. The normalized spacial score (nSPS) is 21.1. The van der Waals surface area contributed by atoms with Crippen LogP contribution >= 0.6 is 0 Å². The van der Waals surface area contributed by atoms with Gasteiger partial charge in [0.05, 0.1) is 0 Å². The van der Waals surface area contributed by atoms with Crippen LogP contribution in [0.2, 0.25) is 0 Å². The van der Waals surface area contributed by atoms with E-state index in [2.05, 4.69) is 56.1 Å². The van der Waals surface area contributed by atoms with Crippen molar-refractivity contribution in [2.75, 3.05) is 19.6 Å². The first kappa shape index (κ1) is 15.5. The Balaban J connectivity index is 1.99. The van der Waals surface area contributed by atoms with Crippen LogP contribution in [0.3, 0.4) is 0 Å². The van der Waals surface area contributed by atoms with Crippen LogP contribution in [0.5, 0.6) is 0 Å². The van der Waals surface area contributed by atoms with E-state index in [0.29, 0.717) is 6.04 Å². The van der Waals surface area contributed by atoms with Crippen molar-refractivity contribution in [2.45, 2.75) is 53.1 Å². The van der Waals surface area contributed by atoms with Crippen LogP contribution < -0.4 is 5.32 Å². The van der Waals surface area contributed by atoms with E-state index in [1.165, 1.54) is 49.2 Å². The van der Waals surface area contributed by atoms with E-state index < -0.39 is 0 Å². The summed E-state index contributed by atoms with van der Waals surface area (Å²) >= 11 is 0. The van der Waals surface area contributed by atoms with E-state index >= 15 is 0 Å². The summed E-state index contributed by atoms with van der Waals surface area (Å²) in [5, 5.41) is 3.71. The summed E-state index contributed by atoms with van der Waals surface area (Å²) in [5.74, 6) is 0.772. The summed E-state index contributed by atoms with van der Waals surface area (Å²) in [4.78, 5) is 2.63. The first-order chi connectivity index (χ1) is 9.52. The molecule has 1 aromatic rings. The maximum atomic E-state index is 3.71. The minimum absolute atomic E-state index is 0.656. The highest BCUT2D eigenvalue weighted by Gasteiger charge is 2.18. The molecule has 112 valence electrons. The molecule has 1 aromatic carbocycles. The Labute approximate surface area is 124 Å². The number of nitrogens with one attached hydrogen (secondary N) is 1. The second kappa shape index (κ2) is 7.24. The molecular weight excluding hydrogens is 244 g/mol. The molecule has 1 fully saturated rings. The number of hydrogen-bond acceptors (Lipinski definition) is 2. The molecule has 0 saturated carbocycles. The summed E-state index contributed by atoms with van der Waals surface area (Å²) in [6, 6.07) is 7.59. The second-order valence-corrected chi connectivity index (χ2v) is 6.87. The molecule has 1 aliphatic heterocycles. The van der Waals surface area contributed by atoms with Gasteiger partial charge in [-0.25, -0.2) is 0 Å². The van der Waals surface area contributed by atoms with Crippen LogP contribution in [0.15, 0.2) is 18.2 Å². The van der Waals surface area contributed by atoms with Crippen molar-refractivity contribution in [3.05, 3.63) is 34.9 Å². The monoisotopic (exact) mass is 274 g/mol. The maximum Gasteiger partial charge on any atom is 0.0234 e. The molecule has 1 N–H and O–H groups in total. The third-order valence-corrected chi connectivity index (χ3v) is 4.01. The Morgan fingerprint density at radius 2 is 1.90 bits per heavy atom. The van der Waals surface area contributed by atoms with E-state index in [1.54, 1.807) is 0 Å². The molecule has 2 heteroatoms. The summed E-state index contributed by atoms with van der Waals surface area (Å²) in [6.45, 7) is 13.7. The highest BCUT2D eigenvalue weighted by molar-refractivity contribution is 5.28. The first-order valence-corrected chi connectivity index (χ1v) is 8.06.